The predicted octanol–water partition coefficient (Wildman–Crippen LogP) is 2.41. The first kappa shape index (κ1) is 18.9. The molecule has 1 atom stereocenters. The highest BCUT2D eigenvalue weighted by atomic mass is 32.1. The van der Waals surface area contributed by atoms with Gasteiger partial charge in [-0.15, -0.1) is 11.3 Å². The van der Waals surface area contributed by atoms with Crippen molar-refractivity contribution < 1.29 is 14.3 Å². The highest BCUT2D eigenvalue weighted by Crippen LogP contribution is 2.31. The number of ether oxygens (including phenoxy) is 1. The molecule has 0 aliphatic carbocycles. The molecule has 2 aromatic rings. The zero-order chi connectivity index (χ0) is 18.1. The van der Waals surface area contributed by atoms with Crippen LogP contribution >= 0.6 is 11.3 Å². The smallest absolute Gasteiger partial charge is 0.191 e. The predicted molar refractivity (Wildman–Crippen MR) is 103 cm³/mol. The van der Waals surface area contributed by atoms with Gasteiger partial charge in [-0.25, -0.2) is 4.99 Å². The molecule has 0 spiro atoms. The van der Waals surface area contributed by atoms with Crippen molar-refractivity contribution in [2.24, 2.45) is 10.4 Å². The van der Waals surface area contributed by atoms with Crippen molar-refractivity contribution in [3.8, 4) is 0 Å². The van der Waals surface area contributed by atoms with Crippen LogP contribution in [0.25, 0.3) is 0 Å². The zero-order valence-corrected chi connectivity index (χ0v) is 15.8. The number of aliphatic hydroxyl groups is 1. The SMILES string of the molecule is OCCC1(CNC(=NCc2cccs2)NCCc2ccco2)CCOC1. The second-order valence-electron chi connectivity index (χ2n) is 6.63. The first-order valence-electron chi connectivity index (χ1n) is 9.05. The third kappa shape index (κ3) is 5.59. The van der Waals surface area contributed by atoms with Crippen LogP contribution in [0.4, 0.5) is 0 Å². The van der Waals surface area contributed by atoms with E-state index in [1.807, 2.05) is 18.2 Å². The average Bonchev–Trinajstić information content (AvgIpc) is 3.40. The quantitative estimate of drug-likeness (QED) is 0.462. The van der Waals surface area contributed by atoms with Gasteiger partial charge in [-0.05, 0) is 36.4 Å². The largest absolute Gasteiger partial charge is 0.469 e. The molecule has 142 valence electrons. The maximum absolute atomic E-state index is 9.39. The van der Waals surface area contributed by atoms with Crippen LogP contribution in [0.1, 0.15) is 23.5 Å². The fourth-order valence-electron chi connectivity index (χ4n) is 3.08. The van der Waals surface area contributed by atoms with Crippen molar-refractivity contribution in [2.75, 3.05) is 32.9 Å². The Labute approximate surface area is 158 Å². The van der Waals surface area contributed by atoms with E-state index >= 15 is 0 Å². The monoisotopic (exact) mass is 377 g/mol. The molecule has 0 radical (unpaired) electrons. The average molecular weight is 378 g/mol. The molecule has 1 saturated heterocycles. The standard InChI is InChI=1S/C19H27N3O3S/c23-9-6-19(7-11-24-15-19)14-22-18(21-13-17-4-2-12-26-17)20-8-5-16-3-1-10-25-16/h1-4,10,12,23H,5-9,11,13-15H2,(H2,20,21,22). The fraction of sp³-hybridized carbons (Fsp3) is 0.526. The molecule has 0 bridgehead atoms. The minimum atomic E-state index is -0.0128. The number of nitrogens with one attached hydrogen (secondary N) is 2. The lowest BCUT2D eigenvalue weighted by atomic mass is 9.84. The van der Waals surface area contributed by atoms with Crippen LogP contribution in [-0.4, -0.2) is 44.0 Å². The van der Waals surface area contributed by atoms with Gasteiger partial charge in [-0.1, -0.05) is 6.07 Å². The van der Waals surface area contributed by atoms with Gasteiger partial charge in [-0.3, -0.25) is 0 Å². The van der Waals surface area contributed by atoms with Crippen molar-refractivity contribution in [2.45, 2.75) is 25.8 Å². The number of rotatable bonds is 9. The number of aliphatic hydroxyl groups excluding tert-OH is 1. The minimum Gasteiger partial charge on any atom is -0.469 e. The molecular weight excluding hydrogens is 350 g/mol. The first-order chi connectivity index (χ1) is 12.8. The Morgan fingerprint density at radius 1 is 1.31 bits per heavy atom. The normalized spacial score (nSPS) is 20.4. The summed E-state index contributed by atoms with van der Waals surface area (Å²) in [6, 6.07) is 8.01. The van der Waals surface area contributed by atoms with Crippen LogP contribution < -0.4 is 10.6 Å². The van der Waals surface area contributed by atoms with Crippen molar-refractivity contribution in [1.82, 2.24) is 10.6 Å². The van der Waals surface area contributed by atoms with E-state index in [-0.39, 0.29) is 12.0 Å². The number of thiophene rings is 1. The van der Waals surface area contributed by atoms with Crippen molar-refractivity contribution in [3.63, 3.8) is 0 Å². The highest BCUT2D eigenvalue weighted by Gasteiger charge is 2.34. The summed E-state index contributed by atoms with van der Waals surface area (Å²) >= 11 is 1.71. The lowest BCUT2D eigenvalue weighted by molar-refractivity contribution is 0.127. The number of aliphatic imine (C=N–C) groups is 1. The van der Waals surface area contributed by atoms with Gasteiger partial charge < -0.3 is 24.9 Å². The Kier molecular flexibility index (Phi) is 7.11. The van der Waals surface area contributed by atoms with E-state index in [4.69, 9.17) is 14.1 Å². The van der Waals surface area contributed by atoms with Crippen LogP contribution in [0, 0.1) is 5.41 Å². The Balaban J connectivity index is 1.56. The molecule has 1 fully saturated rings. The molecule has 26 heavy (non-hydrogen) atoms. The summed E-state index contributed by atoms with van der Waals surface area (Å²) in [5.74, 6) is 1.74. The van der Waals surface area contributed by atoms with E-state index in [9.17, 15) is 5.11 Å². The summed E-state index contributed by atoms with van der Waals surface area (Å²) in [5.41, 5.74) is -0.0128. The summed E-state index contributed by atoms with van der Waals surface area (Å²) in [7, 11) is 0. The minimum absolute atomic E-state index is 0.0128. The Bertz CT molecular complexity index is 650. The summed E-state index contributed by atoms with van der Waals surface area (Å²) in [4.78, 5) is 5.94. The lowest BCUT2D eigenvalue weighted by Crippen LogP contribution is -2.45. The van der Waals surface area contributed by atoms with Gasteiger partial charge in [0, 0.05) is 43.0 Å². The second-order valence-corrected chi connectivity index (χ2v) is 7.66. The van der Waals surface area contributed by atoms with Crippen LogP contribution in [0.2, 0.25) is 0 Å². The number of hydrogen-bond donors (Lipinski definition) is 3. The van der Waals surface area contributed by atoms with E-state index in [2.05, 4.69) is 22.1 Å². The third-order valence-corrected chi connectivity index (χ3v) is 5.54. The molecule has 2 aromatic heterocycles. The van der Waals surface area contributed by atoms with Gasteiger partial charge in [-0.2, -0.15) is 0 Å². The topological polar surface area (TPSA) is 79.0 Å². The number of nitrogens with zero attached hydrogens (tertiary/aromatic N) is 1. The molecule has 1 aliphatic heterocycles. The molecule has 0 amide bonds. The van der Waals surface area contributed by atoms with Crippen LogP contribution in [-0.2, 0) is 17.7 Å². The van der Waals surface area contributed by atoms with Crippen LogP contribution in [0.3, 0.4) is 0 Å². The fourth-order valence-corrected chi connectivity index (χ4v) is 3.70. The highest BCUT2D eigenvalue weighted by molar-refractivity contribution is 7.09. The Morgan fingerprint density at radius 3 is 2.96 bits per heavy atom. The second kappa shape index (κ2) is 9.75. The summed E-state index contributed by atoms with van der Waals surface area (Å²) in [6.45, 7) is 3.76. The number of furan rings is 1. The molecule has 6 nitrogen and oxygen atoms in total. The molecule has 0 aromatic carbocycles. The summed E-state index contributed by atoms with van der Waals surface area (Å²) < 4.78 is 11.0. The Hall–Kier alpha value is -1.83. The van der Waals surface area contributed by atoms with Gasteiger partial charge in [0.1, 0.15) is 5.76 Å². The van der Waals surface area contributed by atoms with E-state index in [0.29, 0.717) is 13.2 Å². The van der Waals surface area contributed by atoms with Gasteiger partial charge in [0.25, 0.3) is 0 Å². The molecule has 1 unspecified atom stereocenters. The van der Waals surface area contributed by atoms with Gasteiger partial charge in [0.2, 0.25) is 0 Å². The molecular formula is C19H27N3O3S. The third-order valence-electron chi connectivity index (χ3n) is 4.67. The molecule has 3 heterocycles. The number of guanidine groups is 1. The van der Waals surface area contributed by atoms with Crippen molar-refractivity contribution in [1.29, 1.82) is 0 Å². The molecule has 0 saturated carbocycles. The Morgan fingerprint density at radius 2 is 2.27 bits per heavy atom. The summed E-state index contributed by atoms with van der Waals surface area (Å²) in [5, 5.41) is 18.3. The van der Waals surface area contributed by atoms with Gasteiger partial charge in [0.05, 0.1) is 19.4 Å². The van der Waals surface area contributed by atoms with Gasteiger partial charge >= 0.3 is 0 Å². The van der Waals surface area contributed by atoms with E-state index in [1.54, 1.807) is 17.6 Å². The van der Waals surface area contributed by atoms with Crippen molar-refractivity contribution >= 4 is 17.3 Å². The van der Waals surface area contributed by atoms with E-state index in [0.717, 1.165) is 50.7 Å². The lowest BCUT2D eigenvalue weighted by Gasteiger charge is -2.27. The van der Waals surface area contributed by atoms with Gasteiger partial charge in [0.15, 0.2) is 5.96 Å². The van der Waals surface area contributed by atoms with E-state index in [1.165, 1.54) is 4.88 Å². The maximum Gasteiger partial charge on any atom is 0.191 e. The molecule has 3 rings (SSSR count). The molecule has 3 N–H and O–H groups in total. The first-order valence-corrected chi connectivity index (χ1v) is 9.93. The molecule has 7 heteroatoms. The maximum atomic E-state index is 9.39. The number of hydrogen-bond acceptors (Lipinski definition) is 5. The van der Waals surface area contributed by atoms with Crippen LogP contribution in [0.15, 0.2) is 45.3 Å². The van der Waals surface area contributed by atoms with E-state index < -0.39 is 0 Å². The molecule has 1 aliphatic rings. The summed E-state index contributed by atoms with van der Waals surface area (Å²) in [6.07, 6.45) is 4.20. The van der Waals surface area contributed by atoms with Crippen molar-refractivity contribution in [3.05, 3.63) is 46.5 Å². The van der Waals surface area contributed by atoms with Crippen LogP contribution in [0.5, 0.6) is 0 Å². The zero-order valence-electron chi connectivity index (χ0n) is 14.9.